The lowest BCUT2D eigenvalue weighted by atomic mass is 10.1. The largest absolute Gasteiger partial charge is 0.497 e. The summed E-state index contributed by atoms with van der Waals surface area (Å²) < 4.78 is 5.25. The molecule has 0 aromatic heterocycles. The number of piperazine rings is 1. The van der Waals surface area contributed by atoms with Crippen LogP contribution >= 0.6 is 0 Å². The summed E-state index contributed by atoms with van der Waals surface area (Å²) in [6, 6.07) is 6.95. The molecule has 1 heterocycles. The molecule has 1 aliphatic rings. The third kappa shape index (κ3) is 2.72. The molecule has 0 amide bonds. The third-order valence-corrected chi connectivity index (χ3v) is 3.49. The summed E-state index contributed by atoms with van der Waals surface area (Å²) in [6.45, 7) is 7.65. The number of anilines is 1. The fourth-order valence-corrected chi connectivity index (χ4v) is 2.43. The summed E-state index contributed by atoms with van der Waals surface area (Å²) in [5, 5.41) is 3.54. The van der Waals surface area contributed by atoms with Crippen molar-refractivity contribution in [1.82, 2.24) is 5.32 Å². The molecule has 1 unspecified atom stereocenters. The normalized spacial score (nSPS) is 20.4. The maximum absolute atomic E-state index is 5.25. The quantitative estimate of drug-likeness (QED) is 0.867. The van der Waals surface area contributed by atoms with Gasteiger partial charge in [-0.25, -0.2) is 0 Å². The average molecular weight is 234 g/mol. The van der Waals surface area contributed by atoms with E-state index in [9.17, 15) is 0 Å². The second kappa shape index (κ2) is 5.41. The lowest BCUT2D eigenvalue weighted by molar-refractivity contribution is 0.414. The molecule has 0 aliphatic carbocycles. The van der Waals surface area contributed by atoms with Crippen LogP contribution in [0, 0.1) is 6.92 Å². The molecule has 2 rings (SSSR count). The monoisotopic (exact) mass is 234 g/mol. The van der Waals surface area contributed by atoms with Gasteiger partial charge in [0.15, 0.2) is 0 Å². The Morgan fingerprint density at radius 2 is 2.29 bits per heavy atom. The lowest BCUT2D eigenvalue weighted by Gasteiger charge is -2.35. The highest BCUT2D eigenvalue weighted by Gasteiger charge is 2.19. The number of nitrogens with zero attached hydrogens (tertiary/aromatic N) is 1. The molecule has 0 saturated carbocycles. The Labute approximate surface area is 104 Å². The Balaban J connectivity index is 2.16. The predicted octanol–water partition coefficient (Wildman–Crippen LogP) is 2.19. The first-order valence-corrected chi connectivity index (χ1v) is 6.37. The number of hydrogen-bond acceptors (Lipinski definition) is 3. The van der Waals surface area contributed by atoms with Crippen molar-refractivity contribution in [2.45, 2.75) is 26.3 Å². The van der Waals surface area contributed by atoms with E-state index in [4.69, 9.17) is 4.74 Å². The molecule has 1 aromatic rings. The lowest BCUT2D eigenvalue weighted by Crippen LogP contribution is -2.50. The molecule has 1 N–H and O–H groups in total. The number of nitrogens with one attached hydrogen (secondary N) is 1. The number of benzene rings is 1. The summed E-state index contributed by atoms with van der Waals surface area (Å²) in [7, 11) is 1.71. The SMILES string of the molecule is CCC1CN(c2ccc(OC)cc2C)CCN1. The van der Waals surface area contributed by atoms with Crippen molar-refractivity contribution in [2.24, 2.45) is 0 Å². The van der Waals surface area contributed by atoms with Crippen LogP contribution in [0.4, 0.5) is 5.69 Å². The van der Waals surface area contributed by atoms with Crippen LogP contribution in [-0.2, 0) is 0 Å². The van der Waals surface area contributed by atoms with Crippen molar-refractivity contribution in [3.63, 3.8) is 0 Å². The zero-order valence-electron chi connectivity index (χ0n) is 11.0. The van der Waals surface area contributed by atoms with Crippen molar-refractivity contribution in [2.75, 3.05) is 31.6 Å². The van der Waals surface area contributed by atoms with Crippen molar-refractivity contribution in [1.29, 1.82) is 0 Å². The average Bonchev–Trinajstić information content (AvgIpc) is 2.38. The summed E-state index contributed by atoms with van der Waals surface area (Å²) in [4.78, 5) is 2.47. The van der Waals surface area contributed by atoms with Crippen LogP contribution in [0.15, 0.2) is 18.2 Å². The van der Waals surface area contributed by atoms with Crippen LogP contribution in [0.1, 0.15) is 18.9 Å². The molecule has 1 saturated heterocycles. The summed E-state index contributed by atoms with van der Waals surface area (Å²) in [5.41, 5.74) is 2.63. The smallest absolute Gasteiger partial charge is 0.119 e. The van der Waals surface area contributed by atoms with Crippen LogP contribution in [-0.4, -0.2) is 32.8 Å². The molecule has 1 aromatic carbocycles. The maximum atomic E-state index is 5.25. The first-order chi connectivity index (χ1) is 8.24. The molecular weight excluding hydrogens is 212 g/mol. The predicted molar refractivity (Wildman–Crippen MR) is 72.0 cm³/mol. The standard InChI is InChI=1S/C14H22N2O/c1-4-12-10-16(8-7-15-12)14-6-5-13(17-3)9-11(14)2/h5-6,9,12,15H,4,7-8,10H2,1-3H3. The van der Waals surface area contributed by atoms with Crippen LogP contribution < -0.4 is 15.0 Å². The Hall–Kier alpha value is -1.22. The molecule has 94 valence electrons. The number of aryl methyl sites for hydroxylation is 1. The minimum absolute atomic E-state index is 0.616. The van der Waals surface area contributed by atoms with Crippen LogP contribution in [0.25, 0.3) is 0 Å². The van der Waals surface area contributed by atoms with Gasteiger partial charge in [0.2, 0.25) is 0 Å². The van der Waals surface area contributed by atoms with Gasteiger partial charge in [-0.05, 0) is 37.1 Å². The zero-order chi connectivity index (χ0) is 12.3. The Morgan fingerprint density at radius 1 is 1.47 bits per heavy atom. The minimum Gasteiger partial charge on any atom is -0.497 e. The number of rotatable bonds is 3. The van der Waals surface area contributed by atoms with Gasteiger partial charge < -0.3 is 15.0 Å². The number of hydrogen-bond donors (Lipinski definition) is 1. The molecule has 3 nitrogen and oxygen atoms in total. The van der Waals surface area contributed by atoms with E-state index >= 15 is 0 Å². The Morgan fingerprint density at radius 3 is 2.94 bits per heavy atom. The van der Waals surface area contributed by atoms with Gasteiger partial charge in [0.1, 0.15) is 5.75 Å². The molecule has 0 spiro atoms. The summed E-state index contributed by atoms with van der Waals surface area (Å²) in [5.74, 6) is 0.938. The van der Waals surface area contributed by atoms with E-state index in [-0.39, 0.29) is 0 Å². The van der Waals surface area contributed by atoms with E-state index in [1.165, 1.54) is 17.7 Å². The van der Waals surface area contributed by atoms with Gasteiger partial charge in [-0.15, -0.1) is 0 Å². The van der Waals surface area contributed by atoms with Crippen molar-refractivity contribution < 1.29 is 4.74 Å². The Bertz CT molecular complexity index is 378. The third-order valence-electron chi connectivity index (χ3n) is 3.49. The molecule has 0 bridgehead atoms. The van der Waals surface area contributed by atoms with E-state index in [0.717, 1.165) is 25.4 Å². The van der Waals surface area contributed by atoms with Crippen LogP contribution in [0.3, 0.4) is 0 Å². The van der Waals surface area contributed by atoms with E-state index < -0.39 is 0 Å². The highest BCUT2D eigenvalue weighted by molar-refractivity contribution is 5.56. The molecule has 1 fully saturated rings. The zero-order valence-corrected chi connectivity index (χ0v) is 11.0. The van der Waals surface area contributed by atoms with E-state index in [0.29, 0.717) is 6.04 Å². The molecule has 0 radical (unpaired) electrons. The topological polar surface area (TPSA) is 24.5 Å². The van der Waals surface area contributed by atoms with Crippen LogP contribution in [0.5, 0.6) is 5.75 Å². The first kappa shape index (κ1) is 12.2. The summed E-state index contributed by atoms with van der Waals surface area (Å²) >= 11 is 0. The van der Waals surface area contributed by atoms with Gasteiger partial charge in [0.25, 0.3) is 0 Å². The van der Waals surface area contributed by atoms with E-state index in [1.807, 2.05) is 6.07 Å². The van der Waals surface area contributed by atoms with Gasteiger partial charge in [-0.1, -0.05) is 6.92 Å². The second-order valence-electron chi connectivity index (χ2n) is 4.66. The van der Waals surface area contributed by atoms with Gasteiger partial charge >= 0.3 is 0 Å². The fourth-order valence-electron chi connectivity index (χ4n) is 2.43. The number of methoxy groups -OCH3 is 1. The van der Waals surface area contributed by atoms with Crippen molar-refractivity contribution in [3.8, 4) is 5.75 Å². The highest BCUT2D eigenvalue weighted by atomic mass is 16.5. The number of ether oxygens (including phenoxy) is 1. The summed E-state index contributed by atoms with van der Waals surface area (Å²) in [6.07, 6.45) is 1.19. The second-order valence-corrected chi connectivity index (χ2v) is 4.66. The van der Waals surface area contributed by atoms with Gasteiger partial charge in [0.05, 0.1) is 7.11 Å². The molecule has 1 atom stereocenters. The van der Waals surface area contributed by atoms with Crippen LogP contribution in [0.2, 0.25) is 0 Å². The van der Waals surface area contributed by atoms with Gasteiger partial charge in [-0.3, -0.25) is 0 Å². The molecule has 1 aliphatic heterocycles. The molecule has 3 heteroatoms. The Kier molecular flexibility index (Phi) is 3.89. The van der Waals surface area contributed by atoms with Gasteiger partial charge in [0, 0.05) is 31.4 Å². The van der Waals surface area contributed by atoms with Crippen molar-refractivity contribution >= 4 is 5.69 Å². The molecular formula is C14H22N2O. The minimum atomic E-state index is 0.616. The van der Waals surface area contributed by atoms with Gasteiger partial charge in [-0.2, -0.15) is 0 Å². The van der Waals surface area contributed by atoms with E-state index in [1.54, 1.807) is 7.11 Å². The highest BCUT2D eigenvalue weighted by Crippen LogP contribution is 2.25. The fraction of sp³-hybridized carbons (Fsp3) is 0.571. The first-order valence-electron chi connectivity index (χ1n) is 6.37. The van der Waals surface area contributed by atoms with E-state index in [2.05, 4.69) is 36.2 Å². The maximum Gasteiger partial charge on any atom is 0.119 e. The molecule has 17 heavy (non-hydrogen) atoms. The van der Waals surface area contributed by atoms with Crippen molar-refractivity contribution in [3.05, 3.63) is 23.8 Å².